The van der Waals surface area contributed by atoms with E-state index in [2.05, 4.69) is 18.7 Å². The second kappa shape index (κ2) is 3.37. The summed E-state index contributed by atoms with van der Waals surface area (Å²) >= 11 is 0. The molecular formula is C11H21N. The second-order valence-electron chi connectivity index (χ2n) is 4.82. The van der Waals surface area contributed by atoms with E-state index in [9.17, 15) is 0 Å². The van der Waals surface area contributed by atoms with Gasteiger partial charge >= 0.3 is 0 Å². The minimum Gasteiger partial charge on any atom is -0.300 e. The van der Waals surface area contributed by atoms with Gasteiger partial charge in [-0.25, -0.2) is 0 Å². The van der Waals surface area contributed by atoms with E-state index in [4.69, 9.17) is 0 Å². The fourth-order valence-corrected chi connectivity index (χ4v) is 2.38. The second-order valence-corrected chi connectivity index (χ2v) is 4.82. The smallest absolute Gasteiger partial charge is 0.00953 e. The average molecular weight is 167 g/mol. The molecule has 70 valence electrons. The quantitative estimate of drug-likeness (QED) is 0.580. The van der Waals surface area contributed by atoms with Crippen LogP contribution in [0.25, 0.3) is 0 Å². The molecule has 0 bridgehead atoms. The number of nitrogens with zero attached hydrogens (tertiary/aromatic N) is 1. The van der Waals surface area contributed by atoms with Gasteiger partial charge < -0.3 is 4.90 Å². The van der Waals surface area contributed by atoms with Crippen LogP contribution in [0.2, 0.25) is 0 Å². The Hall–Kier alpha value is -0.0400. The molecule has 2 aliphatic rings. The van der Waals surface area contributed by atoms with Gasteiger partial charge in [0.15, 0.2) is 0 Å². The average Bonchev–Trinajstić information content (AvgIpc) is 1.93. The Morgan fingerprint density at radius 1 is 1.00 bits per heavy atom. The number of piperidine rings is 1. The molecule has 0 aromatic carbocycles. The summed E-state index contributed by atoms with van der Waals surface area (Å²) in [5.41, 5.74) is 0. The first-order chi connectivity index (χ1) is 5.77. The van der Waals surface area contributed by atoms with Crippen molar-refractivity contribution in [1.29, 1.82) is 0 Å². The number of rotatable bonds is 1. The van der Waals surface area contributed by atoms with Crippen LogP contribution in [0.5, 0.6) is 0 Å². The molecule has 0 radical (unpaired) electrons. The molecule has 12 heavy (non-hydrogen) atoms. The minimum atomic E-state index is 0.930. The molecule has 0 aromatic rings. The molecule has 0 unspecified atom stereocenters. The lowest BCUT2D eigenvalue weighted by Gasteiger charge is -2.43. The van der Waals surface area contributed by atoms with Crippen molar-refractivity contribution < 1.29 is 0 Å². The Labute approximate surface area is 76.1 Å². The van der Waals surface area contributed by atoms with Crippen LogP contribution in [-0.4, -0.2) is 24.0 Å². The fraction of sp³-hybridized carbons (Fsp3) is 1.00. The van der Waals surface area contributed by atoms with Crippen molar-refractivity contribution in [2.75, 3.05) is 13.1 Å². The Bertz CT molecular complexity index is 151. The van der Waals surface area contributed by atoms with Gasteiger partial charge in [-0.1, -0.05) is 20.3 Å². The maximum atomic E-state index is 2.73. The lowest BCUT2D eigenvalue weighted by atomic mass is 9.84. The van der Waals surface area contributed by atoms with Gasteiger partial charge in [0.1, 0.15) is 0 Å². The topological polar surface area (TPSA) is 3.24 Å². The molecule has 1 heteroatoms. The van der Waals surface area contributed by atoms with E-state index in [1.807, 2.05) is 0 Å². The predicted octanol–water partition coefficient (Wildman–Crippen LogP) is 2.52. The standard InChI is InChI=1S/C11H21N/c1-9-6-7-12(8-10(9)2)11-4-3-5-11/h9-11H,3-8H2,1-2H3/t9-,10-/m1/s1. The van der Waals surface area contributed by atoms with E-state index in [0.717, 1.165) is 17.9 Å². The summed E-state index contributed by atoms with van der Waals surface area (Å²) in [5, 5.41) is 0. The van der Waals surface area contributed by atoms with Crippen molar-refractivity contribution in [3.8, 4) is 0 Å². The summed E-state index contributed by atoms with van der Waals surface area (Å²) < 4.78 is 0. The summed E-state index contributed by atoms with van der Waals surface area (Å²) in [6.45, 7) is 7.56. The molecule has 2 rings (SSSR count). The summed E-state index contributed by atoms with van der Waals surface area (Å²) in [7, 11) is 0. The van der Waals surface area contributed by atoms with Crippen LogP contribution >= 0.6 is 0 Å². The highest BCUT2D eigenvalue weighted by Gasteiger charge is 2.30. The first-order valence-electron chi connectivity index (χ1n) is 5.51. The van der Waals surface area contributed by atoms with Crippen LogP contribution in [0.3, 0.4) is 0 Å². The fourth-order valence-electron chi connectivity index (χ4n) is 2.38. The van der Waals surface area contributed by atoms with Crippen molar-refractivity contribution in [2.24, 2.45) is 11.8 Å². The van der Waals surface area contributed by atoms with E-state index in [1.165, 1.54) is 38.8 Å². The Morgan fingerprint density at radius 3 is 2.25 bits per heavy atom. The third kappa shape index (κ3) is 1.52. The highest BCUT2D eigenvalue weighted by atomic mass is 15.2. The molecule has 0 aromatic heterocycles. The van der Waals surface area contributed by atoms with Gasteiger partial charge in [-0.3, -0.25) is 0 Å². The Balaban J connectivity index is 1.84. The van der Waals surface area contributed by atoms with Crippen molar-refractivity contribution in [1.82, 2.24) is 4.90 Å². The van der Waals surface area contributed by atoms with Gasteiger partial charge in [0.05, 0.1) is 0 Å². The molecule has 1 aliphatic heterocycles. The lowest BCUT2D eigenvalue weighted by molar-refractivity contribution is 0.0581. The van der Waals surface area contributed by atoms with Gasteiger partial charge in [-0.2, -0.15) is 0 Å². The molecule has 2 fully saturated rings. The third-order valence-corrected chi connectivity index (χ3v) is 3.96. The van der Waals surface area contributed by atoms with Gasteiger partial charge in [0.2, 0.25) is 0 Å². The van der Waals surface area contributed by atoms with E-state index in [0.29, 0.717) is 0 Å². The Morgan fingerprint density at radius 2 is 1.75 bits per heavy atom. The van der Waals surface area contributed by atoms with Crippen LogP contribution in [-0.2, 0) is 0 Å². The Kier molecular flexibility index (Phi) is 2.40. The monoisotopic (exact) mass is 167 g/mol. The zero-order valence-corrected chi connectivity index (χ0v) is 8.42. The number of hydrogen-bond acceptors (Lipinski definition) is 1. The SMILES string of the molecule is C[C@@H]1CCN(C2CCC2)C[C@H]1C. The van der Waals surface area contributed by atoms with Crippen molar-refractivity contribution in [3.63, 3.8) is 0 Å². The summed E-state index contributed by atoms with van der Waals surface area (Å²) in [6, 6.07) is 0.972. The largest absolute Gasteiger partial charge is 0.300 e. The van der Waals surface area contributed by atoms with E-state index < -0.39 is 0 Å². The van der Waals surface area contributed by atoms with Crippen LogP contribution < -0.4 is 0 Å². The third-order valence-electron chi connectivity index (χ3n) is 3.96. The molecular weight excluding hydrogens is 146 g/mol. The van der Waals surface area contributed by atoms with E-state index in [1.54, 1.807) is 0 Å². The zero-order chi connectivity index (χ0) is 8.55. The van der Waals surface area contributed by atoms with Crippen molar-refractivity contribution in [2.45, 2.75) is 45.6 Å². The highest BCUT2D eigenvalue weighted by molar-refractivity contribution is 4.85. The molecule has 1 nitrogen and oxygen atoms in total. The molecule has 2 atom stereocenters. The maximum Gasteiger partial charge on any atom is 0.00953 e. The predicted molar refractivity (Wildman–Crippen MR) is 52.2 cm³/mol. The lowest BCUT2D eigenvalue weighted by Crippen LogP contribution is -2.47. The number of likely N-dealkylation sites (tertiary alicyclic amines) is 1. The molecule has 1 saturated carbocycles. The molecule has 0 spiro atoms. The zero-order valence-electron chi connectivity index (χ0n) is 8.42. The first kappa shape index (κ1) is 8.55. The van der Waals surface area contributed by atoms with Crippen molar-refractivity contribution in [3.05, 3.63) is 0 Å². The van der Waals surface area contributed by atoms with Crippen LogP contribution in [0.15, 0.2) is 0 Å². The van der Waals surface area contributed by atoms with Gasteiger partial charge in [-0.05, 0) is 37.6 Å². The van der Waals surface area contributed by atoms with Gasteiger partial charge in [-0.15, -0.1) is 0 Å². The maximum absolute atomic E-state index is 2.73. The minimum absolute atomic E-state index is 0.930. The van der Waals surface area contributed by atoms with Crippen molar-refractivity contribution >= 4 is 0 Å². The first-order valence-corrected chi connectivity index (χ1v) is 5.51. The van der Waals surface area contributed by atoms with Gasteiger partial charge in [0.25, 0.3) is 0 Å². The van der Waals surface area contributed by atoms with Gasteiger partial charge in [0, 0.05) is 12.6 Å². The summed E-state index contributed by atoms with van der Waals surface area (Å²) in [5.74, 6) is 1.89. The molecule has 0 N–H and O–H groups in total. The summed E-state index contributed by atoms with van der Waals surface area (Å²) in [6.07, 6.45) is 5.85. The van der Waals surface area contributed by atoms with E-state index >= 15 is 0 Å². The number of hydrogen-bond donors (Lipinski definition) is 0. The molecule has 1 heterocycles. The molecule has 1 saturated heterocycles. The normalized spacial score (nSPS) is 39.5. The molecule has 0 amide bonds. The molecule has 1 aliphatic carbocycles. The van der Waals surface area contributed by atoms with Crippen LogP contribution in [0.4, 0.5) is 0 Å². The highest BCUT2D eigenvalue weighted by Crippen LogP contribution is 2.30. The summed E-state index contributed by atoms with van der Waals surface area (Å²) in [4.78, 5) is 2.73. The van der Waals surface area contributed by atoms with Crippen LogP contribution in [0, 0.1) is 11.8 Å². The van der Waals surface area contributed by atoms with E-state index in [-0.39, 0.29) is 0 Å². The van der Waals surface area contributed by atoms with Crippen LogP contribution in [0.1, 0.15) is 39.5 Å².